The number of ether oxygens (including phenoxy) is 2. The van der Waals surface area contributed by atoms with Gasteiger partial charge >= 0.3 is 0 Å². The third-order valence-corrected chi connectivity index (χ3v) is 3.72. The topological polar surface area (TPSA) is 71.3 Å². The minimum absolute atomic E-state index is 0.0185. The second-order valence-corrected chi connectivity index (χ2v) is 5.47. The fourth-order valence-corrected chi connectivity index (χ4v) is 2.50. The predicted molar refractivity (Wildman–Crippen MR) is 101 cm³/mol. The molecular weight excluding hydrogens is 328 g/mol. The zero-order valence-corrected chi connectivity index (χ0v) is 15.0. The Morgan fingerprint density at radius 1 is 1.19 bits per heavy atom. The van der Waals surface area contributed by atoms with Gasteiger partial charge < -0.3 is 14.8 Å². The molecule has 2 rings (SSSR count). The zero-order chi connectivity index (χ0) is 18.8. The van der Waals surface area contributed by atoms with E-state index in [-0.39, 0.29) is 5.57 Å². The first-order valence-corrected chi connectivity index (χ1v) is 8.43. The van der Waals surface area contributed by atoms with E-state index in [9.17, 15) is 10.1 Å². The Balaban J connectivity index is 2.10. The van der Waals surface area contributed by atoms with Crippen LogP contribution in [0.5, 0.6) is 11.5 Å². The molecule has 0 unspecified atom stereocenters. The van der Waals surface area contributed by atoms with Crippen LogP contribution in [-0.4, -0.2) is 26.2 Å². The maximum absolute atomic E-state index is 12.3. The van der Waals surface area contributed by atoms with E-state index >= 15 is 0 Å². The van der Waals surface area contributed by atoms with Gasteiger partial charge in [-0.05, 0) is 31.1 Å². The number of carbonyl (C=O) groups is 1. The van der Waals surface area contributed by atoms with E-state index in [1.807, 2.05) is 43.3 Å². The fraction of sp³-hybridized carbons (Fsp3) is 0.238. The zero-order valence-electron chi connectivity index (χ0n) is 15.0. The smallest absolute Gasteiger partial charge is 0.261 e. The number of nitrogens with zero attached hydrogens (tertiary/aromatic N) is 1. The van der Waals surface area contributed by atoms with E-state index in [1.165, 1.54) is 13.2 Å². The first kappa shape index (κ1) is 19.1. The van der Waals surface area contributed by atoms with Crippen molar-refractivity contribution in [3.8, 4) is 17.6 Å². The van der Waals surface area contributed by atoms with E-state index in [0.29, 0.717) is 36.6 Å². The van der Waals surface area contributed by atoms with Crippen LogP contribution in [0.1, 0.15) is 18.1 Å². The monoisotopic (exact) mass is 350 g/mol. The summed E-state index contributed by atoms with van der Waals surface area (Å²) < 4.78 is 10.9. The predicted octanol–water partition coefficient (Wildman–Crippen LogP) is 3.36. The van der Waals surface area contributed by atoms with Gasteiger partial charge in [0, 0.05) is 12.1 Å². The highest BCUT2D eigenvalue weighted by atomic mass is 16.5. The maximum atomic E-state index is 12.3. The van der Waals surface area contributed by atoms with Crippen molar-refractivity contribution in [2.45, 2.75) is 13.3 Å². The van der Waals surface area contributed by atoms with Crippen LogP contribution in [-0.2, 0) is 11.2 Å². The van der Waals surface area contributed by atoms with Crippen molar-refractivity contribution in [2.24, 2.45) is 0 Å². The van der Waals surface area contributed by atoms with Crippen LogP contribution in [0.15, 0.2) is 54.1 Å². The molecule has 1 N–H and O–H groups in total. The minimum Gasteiger partial charge on any atom is -0.492 e. The number of methoxy groups -OCH3 is 1. The highest BCUT2D eigenvalue weighted by Gasteiger charge is 2.13. The summed E-state index contributed by atoms with van der Waals surface area (Å²) in [5, 5.41) is 12.1. The summed E-state index contributed by atoms with van der Waals surface area (Å²) in [7, 11) is 1.53. The number of amides is 1. The van der Waals surface area contributed by atoms with Crippen LogP contribution < -0.4 is 14.8 Å². The molecule has 0 bridgehead atoms. The van der Waals surface area contributed by atoms with Crippen molar-refractivity contribution < 1.29 is 14.3 Å². The van der Waals surface area contributed by atoms with Gasteiger partial charge in [-0.25, -0.2) is 0 Å². The first-order chi connectivity index (χ1) is 12.7. The molecule has 0 aliphatic carbocycles. The normalized spacial score (nSPS) is 10.7. The molecule has 0 saturated carbocycles. The Bertz CT molecular complexity index is 808. The quantitative estimate of drug-likeness (QED) is 0.585. The average Bonchev–Trinajstić information content (AvgIpc) is 2.67. The minimum atomic E-state index is -0.410. The van der Waals surface area contributed by atoms with Crippen molar-refractivity contribution in [1.29, 1.82) is 5.26 Å². The van der Waals surface area contributed by atoms with Crippen molar-refractivity contribution in [3.05, 3.63) is 65.2 Å². The molecule has 2 aromatic carbocycles. The van der Waals surface area contributed by atoms with Gasteiger partial charge in [-0.1, -0.05) is 42.5 Å². The molecule has 0 radical (unpaired) electrons. The molecule has 1 amide bonds. The van der Waals surface area contributed by atoms with Crippen LogP contribution >= 0.6 is 0 Å². The summed E-state index contributed by atoms with van der Waals surface area (Å²) in [5.74, 6) is 0.664. The van der Waals surface area contributed by atoms with Gasteiger partial charge in [-0.2, -0.15) is 5.26 Å². The van der Waals surface area contributed by atoms with E-state index in [1.54, 1.807) is 18.2 Å². The number of benzene rings is 2. The Kier molecular flexibility index (Phi) is 7.26. The second-order valence-electron chi connectivity index (χ2n) is 5.47. The summed E-state index contributed by atoms with van der Waals surface area (Å²) in [5.41, 5.74) is 1.76. The van der Waals surface area contributed by atoms with E-state index in [4.69, 9.17) is 9.47 Å². The lowest BCUT2D eigenvalue weighted by Crippen LogP contribution is -2.26. The summed E-state index contributed by atoms with van der Waals surface area (Å²) >= 11 is 0. The number of hydrogen-bond acceptors (Lipinski definition) is 4. The lowest BCUT2D eigenvalue weighted by molar-refractivity contribution is -0.117. The number of hydrogen-bond donors (Lipinski definition) is 1. The lowest BCUT2D eigenvalue weighted by atomic mass is 10.1. The molecule has 0 spiro atoms. The van der Waals surface area contributed by atoms with Gasteiger partial charge in [0.1, 0.15) is 11.6 Å². The van der Waals surface area contributed by atoms with Crippen molar-refractivity contribution >= 4 is 12.0 Å². The number of nitriles is 1. The Labute approximate surface area is 153 Å². The van der Waals surface area contributed by atoms with Gasteiger partial charge in [0.25, 0.3) is 5.91 Å². The molecule has 5 heteroatoms. The molecule has 134 valence electrons. The summed E-state index contributed by atoms with van der Waals surface area (Å²) in [6, 6.07) is 17.2. The van der Waals surface area contributed by atoms with Crippen LogP contribution in [0.2, 0.25) is 0 Å². The van der Waals surface area contributed by atoms with Gasteiger partial charge in [0.05, 0.1) is 13.7 Å². The lowest BCUT2D eigenvalue weighted by Gasteiger charge is -2.12. The largest absolute Gasteiger partial charge is 0.492 e. The van der Waals surface area contributed by atoms with Gasteiger partial charge in [0.15, 0.2) is 11.5 Å². The molecule has 2 aromatic rings. The third-order valence-electron chi connectivity index (χ3n) is 3.72. The molecule has 0 atom stereocenters. The van der Waals surface area contributed by atoms with Gasteiger partial charge in [-0.3, -0.25) is 4.79 Å². The molecule has 0 heterocycles. The third kappa shape index (κ3) is 5.12. The molecule has 0 aliphatic heterocycles. The Morgan fingerprint density at radius 2 is 1.96 bits per heavy atom. The second kappa shape index (κ2) is 9.90. The number of nitrogens with one attached hydrogen (secondary N) is 1. The van der Waals surface area contributed by atoms with Crippen molar-refractivity contribution in [1.82, 2.24) is 5.32 Å². The van der Waals surface area contributed by atoms with Crippen LogP contribution in [0.25, 0.3) is 6.08 Å². The maximum Gasteiger partial charge on any atom is 0.261 e. The fourth-order valence-electron chi connectivity index (χ4n) is 2.50. The van der Waals surface area contributed by atoms with E-state index < -0.39 is 5.91 Å². The number of rotatable bonds is 8. The summed E-state index contributed by atoms with van der Waals surface area (Å²) in [4.78, 5) is 12.3. The molecule has 26 heavy (non-hydrogen) atoms. The van der Waals surface area contributed by atoms with Crippen molar-refractivity contribution in [2.75, 3.05) is 20.3 Å². The average molecular weight is 350 g/mol. The highest BCUT2D eigenvalue weighted by molar-refractivity contribution is 6.02. The van der Waals surface area contributed by atoms with Crippen LogP contribution in [0.3, 0.4) is 0 Å². The Hall–Kier alpha value is -3.26. The molecule has 0 fully saturated rings. The summed E-state index contributed by atoms with van der Waals surface area (Å²) in [6.07, 6.45) is 2.22. The Morgan fingerprint density at radius 3 is 2.62 bits per heavy atom. The molecule has 5 nitrogen and oxygen atoms in total. The SMILES string of the molecule is CCOc1cccc(/C=C(\C#N)C(=O)NCCc2ccccc2)c1OC. The summed E-state index contributed by atoms with van der Waals surface area (Å²) in [6.45, 7) is 2.83. The highest BCUT2D eigenvalue weighted by Crippen LogP contribution is 2.32. The molecule has 0 aliphatic rings. The number of carbonyl (C=O) groups excluding carboxylic acids is 1. The van der Waals surface area contributed by atoms with E-state index in [2.05, 4.69) is 5.32 Å². The van der Waals surface area contributed by atoms with Crippen molar-refractivity contribution in [3.63, 3.8) is 0 Å². The van der Waals surface area contributed by atoms with E-state index in [0.717, 1.165) is 5.56 Å². The molecule has 0 saturated heterocycles. The molecular formula is C21H22N2O3. The van der Waals surface area contributed by atoms with Crippen LogP contribution in [0.4, 0.5) is 0 Å². The number of para-hydroxylation sites is 1. The van der Waals surface area contributed by atoms with Crippen LogP contribution in [0, 0.1) is 11.3 Å². The molecule has 0 aromatic heterocycles. The van der Waals surface area contributed by atoms with Gasteiger partial charge in [0.2, 0.25) is 0 Å². The van der Waals surface area contributed by atoms with Gasteiger partial charge in [-0.15, -0.1) is 0 Å². The first-order valence-electron chi connectivity index (χ1n) is 8.43. The standard InChI is InChI=1S/C21H22N2O3/c1-3-26-19-11-7-10-17(20(19)25-2)14-18(15-22)21(24)23-13-12-16-8-5-4-6-9-16/h4-11,14H,3,12-13H2,1-2H3,(H,23,24)/b18-14+.